The lowest BCUT2D eigenvalue weighted by atomic mass is 10.1. The van der Waals surface area contributed by atoms with E-state index < -0.39 is 0 Å². The Morgan fingerprint density at radius 3 is 2.62 bits per heavy atom. The van der Waals surface area contributed by atoms with Crippen LogP contribution in [0.5, 0.6) is 0 Å². The Balaban J connectivity index is 1.63. The summed E-state index contributed by atoms with van der Waals surface area (Å²) in [5.41, 5.74) is 3.85. The van der Waals surface area contributed by atoms with Crippen LogP contribution in [0.4, 0.5) is 0 Å². The smallest absolute Gasteiger partial charge is 0.254 e. The Kier molecular flexibility index (Phi) is 6.28. The van der Waals surface area contributed by atoms with Crippen LogP contribution in [0.2, 0.25) is 0 Å². The fourth-order valence-corrected chi connectivity index (χ4v) is 3.85. The van der Waals surface area contributed by atoms with Gasteiger partial charge in [-0.1, -0.05) is 24.3 Å². The molecule has 1 fully saturated rings. The average molecular weight is 459 g/mol. The molecule has 0 aromatic heterocycles. The van der Waals surface area contributed by atoms with E-state index in [0.29, 0.717) is 5.56 Å². The van der Waals surface area contributed by atoms with Gasteiger partial charge in [-0.15, -0.1) is 0 Å². The summed E-state index contributed by atoms with van der Waals surface area (Å²) < 4.78 is 1.05. The van der Waals surface area contributed by atoms with Crippen LogP contribution in [0.1, 0.15) is 33.5 Å². The summed E-state index contributed by atoms with van der Waals surface area (Å²) in [6.45, 7) is 6.30. The highest BCUT2D eigenvalue weighted by atomic mass is 127. The standard InChI is InChI=1S/C21H22IN3O/c1-16-4-2-5-19(20(16)22)21(26)25-11-3-10-24(12-13-25)15-18-8-6-17(14-23)7-9-18/h2,4-9H,3,10-13,15H2,1H3. The molecular formula is C21H22IN3O. The van der Waals surface area contributed by atoms with Crippen LogP contribution in [0.15, 0.2) is 42.5 Å². The van der Waals surface area contributed by atoms with E-state index in [0.717, 1.165) is 53.8 Å². The highest BCUT2D eigenvalue weighted by molar-refractivity contribution is 14.1. The molecule has 1 amide bonds. The summed E-state index contributed by atoms with van der Waals surface area (Å²) in [5.74, 6) is 0.137. The zero-order chi connectivity index (χ0) is 18.5. The molecule has 0 atom stereocenters. The van der Waals surface area contributed by atoms with Gasteiger partial charge in [-0.25, -0.2) is 0 Å². The molecule has 26 heavy (non-hydrogen) atoms. The molecule has 134 valence electrons. The van der Waals surface area contributed by atoms with Gasteiger partial charge in [-0.3, -0.25) is 9.69 Å². The maximum Gasteiger partial charge on any atom is 0.254 e. The SMILES string of the molecule is Cc1cccc(C(=O)N2CCCN(Cc3ccc(C#N)cc3)CC2)c1I. The third-order valence-corrected chi connectivity index (χ3v) is 6.22. The van der Waals surface area contributed by atoms with E-state index in [4.69, 9.17) is 5.26 Å². The lowest BCUT2D eigenvalue weighted by molar-refractivity contribution is 0.0760. The van der Waals surface area contributed by atoms with E-state index in [1.165, 1.54) is 5.56 Å². The zero-order valence-electron chi connectivity index (χ0n) is 14.9. The summed E-state index contributed by atoms with van der Waals surface area (Å²) >= 11 is 2.27. The molecule has 0 bridgehead atoms. The first kappa shape index (κ1) is 18.9. The predicted octanol–water partition coefficient (Wildman–Crippen LogP) is 3.82. The Morgan fingerprint density at radius 1 is 1.12 bits per heavy atom. The van der Waals surface area contributed by atoms with Crippen molar-refractivity contribution in [3.63, 3.8) is 0 Å². The third kappa shape index (κ3) is 4.43. The number of nitriles is 1. The molecule has 1 aliphatic heterocycles. The molecule has 1 saturated heterocycles. The van der Waals surface area contributed by atoms with Gasteiger partial charge in [0.25, 0.3) is 5.91 Å². The van der Waals surface area contributed by atoms with E-state index in [2.05, 4.69) is 33.6 Å². The van der Waals surface area contributed by atoms with Crippen molar-refractivity contribution in [1.82, 2.24) is 9.80 Å². The lowest BCUT2D eigenvalue weighted by Crippen LogP contribution is -2.35. The first-order valence-electron chi connectivity index (χ1n) is 8.84. The first-order chi connectivity index (χ1) is 12.6. The minimum absolute atomic E-state index is 0.137. The predicted molar refractivity (Wildman–Crippen MR) is 111 cm³/mol. The fraction of sp³-hybridized carbons (Fsp3) is 0.333. The van der Waals surface area contributed by atoms with Gasteiger partial charge in [0, 0.05) is 36.3 Å². The summed E-state index contributed by atoms with van der Waals surface area (Å²) in [6, 6.07) is 15.8. The van der Waals surface area contributed by atoms with Crippen LogP contribution >= 0.6 is 22.6 Å². The molecule has 5 heteroatoms. The number of aryl methyl sites for hydroxylation is 1. The van der Waals surface area contributed by atoms with Crippen LogP contribution in [0, 0.1) is 21.8 Å². The number of halogens is 1. The van der Waals surface area contributed by atoms with Crippen LogP contribution < -0.4 is 0 Å². The van der Waals surface area contributed by atoms with Crippen molar-refractivity contribution in [1.29, 1.82) is 5.26 Å². The minimum Gasteiger partial charge on any atom is -0.337 e. The normalized spacial score (nSPS) is 15.3. The van der Waals surface area contributed by atoms with Crippen molar-refractivity contribution in [3.05, 3.63) is 68.3 Å². The molecule has 0 aliphatic carbocycles. The van der Waals surface area contributed by atoms with Crippen molar-refractivity contribution in [2.45, 2.75) is 19.9 Å². The topological polar surface area (TPSA) is 47.3 Å². The second-order valence-electron chi connectivity index (χ2n) is 6.67. The number of rotatable bonds is 3. The zero-order valence-corrected chi connectivity index (χ0v) is 17.1. The number of hydrogen-bond donors (Lipinski definition) is 0. The van der Waals surface area contributed by atoms with Crippen LogP contribution in [0.3, 0.4) is 0 Å². The first-order valence-corrected chi connectivity index (χ1v) is 9.92. The summed E-state index contributed by atoms with van der Waals surface area (Å²) in [5, 5.41) is 8.90. The van der Waals surface area contributed by atoms with Gasteiger partial charge in [0.15, 0.2) is 0 Å². The molecular weight excluding hydrogens is 437 g/mol. The number of benzene rings is 2. The Morgan fingerprint density at radius 2 is 1.88 bits per heavy atom. The molecule has 0 N–H and O–H groups in total. The van der Waals surface area contributed by atoms with Crippen molar-refractivity contribution in [3.8, 4) is 6.07 Å². The monoisotopic (exact) mass is 459 g/mol. The third-order valence-electron chi connectivity index (χ3n) is 4.79. The van der Waals surface area contributed by atoms with Crippen molar-refractivity contribution in [2.24, 2.45) is 0 Å². The molecule has 0 unspecified atom stereocenters. The van der Waals surface area contributed by atoms with Crippen LogP contribution in [0.25, 0.3) is 0 Å². The molecule has 2 aromatic carbocycles. The maximum atomic E-state index is 12.9. The number of carbonyl (C=O) groups is 1. The average Bonchev–Trinajstić information content (AvgIpc) is 2.90. The Hall–Kier alpha value is -1.91. The van der Waals surface area contributed by atoms with Crippen molar-refractivity contribution >= 4 is 28.5 Å². The van der Waals surface area contributed by atoms with Gasteiger partial charge in [0.2, 0.25) is 0 Å². The van der Waals surface area contributed by atoms with Gasteiger partial charge >= 0.3 is 0 Å². The molecule has 1 aliphatic rings. The van der Waals surface area contributed by atoms with E-state index >= 15 is 0 Å². The van der Waals surface area contributed by atoms with E-state index in [-0.39, 0.29) is 5.91 Å². The van der Waals surface area contributed by atoms with Gasteiger partial charge in [0.1, 0.15) is 0 Å². The van der Waals surface area contributed by atoms with E-state index in [1.54, 1.807) is 0 Å². The number of nitrogens with zero attached hydrogens (tertiary/aromatic N) is 3. The molecule has 1 heterocycles. The highest BCUT2D eigenvalue weighted by Gasteiger charge is 2.22. The molecule has 4 nitrogen and oxygen atoms in total. The highest BCUT2D eigenvalue weighted by Crippen LogP contribution is 2.19. The van der Waals surface area contributed by atoms with Crippen molar-refractivity contribution in [2.75, 3.05) is 26.2 Å². The van der Waals surface area contributed by atoms with Gasteiger partial charge in [0.05, 0.1) is 17.2 Å². The summed E-state index contributed by atoms with van der Waals surface area (Å²) in [6.07, 6.45) is 0.977. The molecule has 0 saturated carbocycles. The number of hydrogen-bond acceptors (Lipinski definition) is 3. The fourth-order valence-electron chi connectivity index (χ4n) is 3.26. The largest absolute Gasteiger partial charge is 0.337 e. The molecule has 2 aromatic rings. The molecule has 3 rings (SSSR count). The van der Waals surface area contributed by atoms with E-state index in [9.17, 15) is 4.79 Å². The van der Waals surface area contributed by atoms with Gasteiger partial charge in [-0.05, 0) is 65.3 Å². The van der Waals surface area contributed by atoms with Gasteiger partial charge < -0.3 is 4.90 Å². The number of amides is 1. The molecule has 0 radical (unpaired) electrons. The molecule has 0 spiro atoms. The van der Waals surface area contributed by atoms with Gasteiger partial charge in [-0.2, -0.15) is 5.26 Å². The summed E-state index contributed by atoms with van der Waals surface area (Å²) in [7, 11) is 0. The quantitative estimate of drug-likeness (QED) is 0.656. The summed E-state index contributed by atoms with van der Waals surface area (Å²) in [4.78, 5) is 17.3. The second kappa shape index (κ2) is 8.65. The van der Waals surface area contributed by atoms with E-state index in [1.807, 2.05) is 54.3 Å². The lowest BCUT2D eigenvalue weighted by Gasteiger charge is -2.23. The van der Waals surface area contributed by atoms with Crippen LogP contribution in [-0.2, 0) is 6.54 Å². The second-order valence-corrected chi connectivity index (χ2v) is 7.75. The minimum atomic E-state index is 0.137. The Bertz CT molecular complexity index is 826. The van der Waals surface area contributed by atoms with Crippen LogP contribution in [-0.4, -0.2) is 41.9 Å². The Labute approximate surface area is 168 Å². The maximum absolute atomic E-state index is 12.9. The van der Waals surface area contributed by atoms with Crippen molar-refractivity contribution < 1.29 is 4.79 Å². The number of carbonyl (C=O) groups excluding carboxylic acids is 1.